The van der Waals surface area contributed by atoms with Crippen LogP contribution in [0.1, 0.15) is 22.6 Å². The Balaban J connectivity index is 1.76. The van der Waals surface area contributed by atoms with E-state index in [2.05, 4.69) is 31.8 Å². The number of rotatable bonds is 3. The number of anilines is 2. The Labute approximate surface area is 134 Å². The van der Waals surface area contributed by atoms with Gasteiger partial charge in [-0.2, -0.15) is 4.98 Å². The average Bonchev–Trinajstić information content (AvgIpc) is 2.77. The summed E-state index contributed by atoms with van der Waals surface area (Å²) in [6.07, 6.45) is 4.66. The maximum atomic E-state index is 11.0. The number of aryl methyl sites for hydroxylation is 2. The van der Waals surface area contributed by atoms with Crippen LogP contribution in [0.5, 0.6) is 0 Å². The molecule has 2 aromatic rings. The van der Waals surface area contributed by atoms with E-state index in [1.807, 2.05) is 18.5 Å². The number of nitrogens with zero attached hydrogens (tertiary/aromatic N) is 6. The molecule has 0 radical (unpaired) electrons. The molecule has 8 heteroatoms. The van der Waals surface area contributed by atoms with Crippen molar-refractivity contribution in [1.29, 1.82) is 0 Å². The predicted molar refractivity (Wildman–Crippen MR) is 86.0 cm³/mol. The first kappa shape index (κ1) is 15.3. The van der Waals surface area contributed by atoms with Crippen LogP contribution in [0.3, 0.4) is 0 Å². The van der Waals surface area contributed by atoms with E-state index in [-0.39, 0.29) is 5.82 Å². The molecular weight excluding hydrogens is 296 g/mol. The van der Waals surface area contributed by atoms with Gasteiger partial charge in [-0.05, 0) is 25.0 Å². The van der Waals surface area contributed by atoms with E-state index in [4.69, 9.17) is 5.11 Å². The van der Waals surface area contributed by atoms with E-state index in [1.165, 1.54) is 10.4 Å². The zero-order chi connectivity index (χ0) is 16.4. The summed E-state index contributed by atoms with van der Waals surface area (Å²) in [5, 5.41) is 13.0. The van der Waals surface area contributed by atoms with E-state index < -0.39 is 5.97 Å². The summed E-state index contributed by atoms with van der Waals surface area (Å²) in [5.41, 5.74) is 2.36. The van der Waals surface area contributed by atoms with Crippen molar-refractivity contribution in [2.45, 2.75) is 13.3 Å². The third-order valence-corrected chi connectivity index (χ3v) is 4.04. The largest absolute Gasteiger partial charge is 0.475 e. The molecule has 0 amide bonds. The summed E-state index contributed by atoms with van der Waals surface area (Å²) >= 11 is 0. The Morgan fingerprint density at radius 1 is 1.22 bits per heavy atom. The Hall–Kier alpha value is -2.64. The van der Waals surface area contributed by atoms with E-state index in [0.29, 0.717) is 5.95 Å². The monoisotopic (exact) mass is 316 g/mol. The molecule has 2 aromatic heterocycles. The van der Waals surface area contributed by atoms with Crippen molar-refractivity contribution in [3.8, 4) is 0 Å². The quantitative estimate of drug-likeness (QED) is 0.901. The molecule has 1 aliphatic rings. The van der Waals surface area contributed by atoms with Gasteiger partial charge in [0.1, 0.15) is 0 Å². The zero-order valence-electron chi connectivity index (χ0n) is 13.3. The maximum absolute atomic E-state index is 11.0. The number of pyridine rings is 1. The van der Waals surface area contributed by atoms with Gasteiger partial charge in [0.25, 0.3) is 5.82 Å². The van der Waals surface area contributed by atoms with Gasteiger partial charge in [0.05, 0.1) is 0 Å². The van der Waals surface area contributed by atoms with Crippen LogP contribution in [0, 0.1) is 6.92 Å². The van der Waals surface area contributed by atoms with Crippen molar-refractivity contribution in [1.82, 2.24) is 19.7 Å². The smallest absolute Gasteiger partial charge is 0.375 e. The molecule has 8 nitrogen and oxygen atoms in total. The van der Waals surface area contributed by atoms with Crippen LogP contribution in [-0.2, 0) is 7.05 Å². The van der Waals surface area contributed by atoms with Crippen LogP contribution in [0.2, 0.25) is 0 Å². The lowest BCUT2D eigenvalue weighted by atomic mass is 10.2. The lowest BCUT2D eigenvalue weighted by Gasteiger charge is -2.25. The molecule has 0 unspecified atom stereocenters. The summed E-state index contributed by atoms with van der Waals surface area (Å²) in [6.45, 7) is 5.46. The van der Waals surface area contributed by atoms with E-state index in [1.54, 1.807) is 7.05 Å². The summed E-state index contributed by atoms with van der Waals surface area (Å²) in [6, 6.07) is 2.04. The van der Waals surface area contributed by atoms with Gasteiger partial charge in [-0.3, -0.25) is 4.98 Å². The lowest BCUT2D eigenvalue weighted by molar-refractivity contribution is 0.0683. The number of aromatic carboxylic acids is 1. The second kappa shape index (κ2) is 6.23. The topological polar surface area (TPSA) is 87.4 Å². The minimum Gasteiger partial charge on any atom is -0.475 e. The molecule has 3 heterocycles. The van der Waals surface area contributed by atoms with Crippen molar-refractivity contribution in [2.24, 2.45) is 7.05 Å². The average molecular weight is 316 g/mol. The SMILES string of the molecule is Cc1cnccc1N1CCCN(c2nc(C(=O)O)nn2C)CC1. The molecule has 3 rings (SSSR count). The number of carboxylic acids is 1. The number of carboxylic acid groups (broad SMARTS) is 1. The maximum Gasteiger partial charge on any atom is 0.375 e. The van der Waals surface area contributed by atoms with Gasteiger partial charge in [0.15, 0.2) is 0 Å². The second-order valence-electron chi connectivity index (χ2n) is 5.65. The summed E-state index contributed by atoms with van der Waals surface area (Å²) < 4.78 is 1.54. The summed E-state index contributed by atoms with van der Waals surface area (Å²) in [7, 11) is 1.73. The van der Waals surface area contributed by atoms with Gasteiger partial charge < -0.3 is 14.9 Å². The highest BCUT2D eigenvalue weighted by atomic mass is 16.4. The number of hydrogen-bond donors (Lipinski definition) is 1. The summed E-state index contributed by atoms with van der Waals surface area (Å²) in [4.78, 5) is 23.7. The fraction of sp³-hybridized carbons (Fsp3) is 0.467. The Bertz CT molecular complexity index is 714. The Morgan fingerprint density at radius 2 is 1.96 bits per heavy atom. The van der Waals surface area contributed by atoms with E-state index in [9.17, 15) is 4.79 Å². The first-order valence-corrected chi connectivity index (χ1v) is 7.61. The molecule has 0 aromatic carbocycles. The van der Waals surface area contributed by atoms with Gasteiger partial charge >= 0.3 is 5.97 Å². The van der Waals surface area contributed by atoms with Gasteiger partial charge in [-0.15, -0.1) is 5.10 Å². The third kappa shape index (κ3) is 3.10. The van der Waals surface area contributed by atoms with Crippen LogP contribution in [0.15, 0.2) is 18.5 Å². The fourth-order valence-electron chi connectivity index (χ4n) is 2.92. The Kier molecular flexibility index (Phi) is 4.14. The first-order chi connectivity index (χ1) is 11.1. The van der Waals surface area contributed by atoms with Gasteiger partial charge in [-0.25, -0.2) is 9.48 Å². The predicted octanol–water partition coefficient (Wildman–Crippen LogP) is 0.933. The van der Waals surface area contributed by atoms with Crippen LogP contribution in [0.4, 0.5) is 11.6 Å². The Morgan fingerprint density at radius 3 is 2.65 bits per heavy atom. The molecule has 0 bridgehead atoms. The van der Waals surface area contributed by atoms with E-state index >= 15 is 0 Å². The van der Waals surface area contributed by atoms with Crippen molar-refractivity contribution in [2.75, 3.05) is 36.0 Å². The molecule has 0 aliphatic carbocycles. The van der Waals surface area contributed by atoms with Crippen molar-refractivity contribution < 1.29 is 9.90 Å². The molecule has 1 fully saturated rings. The normalized spacial score (nSPS) is 15.6. The number of carbonyl (C=O) groups is 1. The standard InChI is InChI=1S/C15H20N6O2/c1-11-10-16-5-4-12(11)20-6-3-7-21(9-8-20)15-17-13(14(22)23)18-19(15)2/h4-5,10H,3,6-9H2,1-2H3,(H,22,23). The highest BCUT2D eigenvalue weighted by molar-refractivity contribution is 5.83. The molecule has 122 valence electrons. The number of hydrogen-bond acceptors (Lipinski definition) is 6. The lowest BCUT2D eigenvalue weighted by Crippen LogP contribution is -2.32. The third-order valence-electron chi connectivity index (χ3n) is 4.04. The summed E-state index contributed by atoms with van der Waals surface area (Å²) in [5.74, 6) is -0.653. The van der Waals surface area contributed by atoms with Crippen LogP contribution >= 0.6 is 0 Å². The van der Waals surface area contributed by atoms with E-state index in [0.717, 1.165) is 38.2 Å². The molecule has 1 N–H and O–H groups in total. The van der Waals surface area contributed by atoms with Crippen LogP contribution < -0.4 is 9.80 Å². The van der Waals surface area contributed by atoms with Gasteiger partial charge in [-0.1, -0.05) is 0 Å². The second-order valence-corrected chi connectivity index (χ2v) is 5.65. The minimum absolute atomic E-state index is 0.159. The van der Waals surface area contributed by atoms with Crippen LogP contribution in [0.25, 0.3) is 0 Å². The van der Waals surface area contributed by atoms with Crippen LogP contribution in [-0.4, -0.2) is 57.0 Å². The highest BCUT2D eigenvalue weighted by Crippen LogP contribution is 2.21. The van der Waals surface area contributed by atoms with Crippen molar-refractivity contribution in [3.05, 3.63) is 29.8 Å². The van der Waals surface area contributed by atoms with Crippen molar-refractivity contribution >= 4 is 17.6 Å². The molecule has 1 saturated heterocycles. The zero-order valence-corrected chi connectivity index (χ0v) is 13.3. The molecule has 0 spiro atoms. The van der Waals surface area contributed by atoms with Gasteiger partial charge in [0.2, 0.25) is 5.95 Å². The first-order valence-electron chi connectivity index (χ1n) is 7.61. The number of aromatic nitrogens is 4. The minimum atomic E-state index is -1.10. The fourth-order valence-corrected chi connectivity index (χ4v) is 2.92. The van der Waals surface area contributed by atoms with Gasteiger partial charge in [0, 0.05) is 51.3 Å². The van der Waals surface area contributed by atoms with Crippen molar-refractivity contribution in [3.63, 3.8) is 0 Å². The molecule has 1 aliphatic heterocycles. The molecule has 0 saturated carbocycles. The molecule has 0 atom stereocenters. The molecule has 23 heavy (non-hydrogen) atoms. The highest BCUT2D eigenvalue weighted by Gasteiger charge is 2.22. The molecular formula is C15H20N6O2.